The first-order valence-electron chi connectivity index (χ1n) is 8.24. The van der Waals surface area contributed by atoms with Gasteiger partial charge in [-0.05, 0) is 43.5 Å². The number of aromatic nitrogens is 2. The third-order valence-electron chi connectivity index (χ3n) is 4.55. The van der Waals surface area contributed by atoms with E-state index in [1.807, 2.05) is 17.9 Å². The first-order chi connectivity index (χ1) is 11.6. The van der Waals surface area contributed by atoms with Gasteiger partial charge >= 0.3 is 5.97 Å². The minimum absolute atomic E-state index is 0.00607. The van der Waals surface area contributed by atoms with Gasteiger partial charge in [-0.25, -0.2) is 4.79 Å². The van der Waals surface area contributed by atoms with Gasteiger partial charge in [-0.3, -0.25) is 9.48 Å². The number of rotatable bonds is 4. The molecule has 0 spiro atoms. The van der Waals surface area contributed by atoms with Crippen molar-refractivity contribution in [3.63, 3.8) is 0 Å². The van der Waals surface area contributed by atoms with Crippen molar-refractivity contribution in [3.8, 4) is 0 Å². The van der Waals surface area contributed by atoms with Crippen molar-refractivity contribution in [2.45, 2.75) is 32.2 Å². The number of carboxylic acids is 1. The molecule has 2 aromatic rings. The molecule has 1 aromatic carbocycles. The first-order valence-corrected chi connectivity index (χ1v) is 8.24. The molecular weight excluding hydrogens is 306 g/mol. The van der Waals surface area contributed by atoms with Crippen molar-refractivity contribution in [1.29, 1.82) is 0 Å². The molecule has 0 radical (unpaired) electrons. The summed E-state index contributed by atoms with van der Waals surface area (Å²) in [7, 11) is 0. The number of piperidine rings is 1. The fourth-order valence-electron chi connectivity index (χ4n) is 3.29. The smallest absolute Gasteiger partial charge is 0.335 e. The normalized spacial score (nSPS) is 17.7. The van der Waals surface area contributed by atoms with Gasteiger partial charge in [-0.2, -0.15) is 5.10 Å². The molecular formula is C18H21N3O3. The summed E-state index contributed by atoms with van der Waals surface area (Å²) in [6, 6.07) is 8.78. The second-order valence-electron chi connectivity index (χ2n) is 6.05. The van der Waals surface area contributed by atoms with E-state index in [-0.39, 0.29) is 11.8 Å². The number of nitrogens with zero attached hydrogens (tertiary/aromatic N) is 3. The average molecular weight is 327 g/mol. The molecule has 1 N–H and O–H groups in total. The van der Waals surface area contributed by atoms with Crippen LogP contribution in [0, 0.1) is 0 Å². The SMILES string of the molecule is CCn1nccc1C(=O)N1CCC[C@H](c2cccc(C(=O)O)c2)C1. The number of likely N-dealkylation sites (tertiary alicyclic amines) is 1. The summed E-state index contributed by atoms with van der Waals surface area (Å²) in [5.74, 6) is -0.763. The number of aromatic carboxylic acids is 1. The lowest BCUT2D eigenvalue weighted by molar-refractivity contribution is 0.0682. The van der Waals surface area contributed by atoms with E-state index in [0.717, 1.165) is 24.9 Å². The maximum absolute atomic E-state index is 12.8. The van der Waals surface area contributed by atoms with Crippen molar-refractivity contribution in [2.75, 3.05) is 13.1 Å². The fourth-order valence-corrected chi connectivity index (χ4v) is 3.29. The fraction of sp³-hybridized carbons (Fsp3) is 0.389. The number of aryl methyl sites for hydroxylation is 1. The van der Waals surface area contributed by atoms with E-state index >= 15 is 0 Å². The second-order valence-corrected chi connectivity index (χ2v) is 6.05. The number of hydrogen-bond acceptors (Lipinski definition) is 3. The third-order valence-corrected chi connectivity index (χ3v) is 4.55. The Kier molecular flexibility index (Phi) is 4.64. The van der Waals surface area contributed by atoms with Crippen molar-refractivity contribution in [3.05, 3.63) is 53.3 Å². The van der Waals surface area contributed by atoms with E-state index in [4.69, 9.17) is 5.11 Å². The number of amides is 1. The van der Waals surface area contributed by atoms with Gasteiger partial charge in [-0.1, -0.05) is 12.1 Å². The molecule has 24 heavy (non-hydrogen) atoms. The number of carbonyl (C=O) groups excluding carboxylic acids is 1. The predicted molar refractivity (Wildman–Crippen MR) is 89.2 cm³/mol. The molecule has 1 saturated heterocycles. The van der Waals surface area contributed by atoms with Crippen molar-refractivity contribution >= 4 is 11.9 Å². The summed E-state index contributed by atoms with van der Waals surface area (Å²) in [4.78, 5) is 25.8. The molecule has 0 aliphatic carbocycles. The first kappa shape index (κ1) is 16.2. The van der Waals surface area contributed by atoms with Gasteiger partial charge in [0.05, 0.1) is 5.56 Å². The summed E-state index contributed by atoms with van der Waals surface area (Å²) in [6.07, 6.45) is 3.52. The highest BCUT2D eigenvalue weighted by Gasteiger charge is 2.27. The molecule has 1 aromatic heterocycles. The summed E-state index contributed by atoms with van der Waals surface area (Å²) < 4.78 is 1.71. The molecule has 126 valence electrons. The van der Waals surface area contributed by atoms with Gasteiger partial charge in [-0.15, -0.1) is 0 Å². The number of benzene rings is 1. The lowest BCUT2D eigenvalue weighted by atomic mass is 9.89. The summed E-state index contributed by atoms with van der Waals surface area (Å²) >= 11 is 0. The van der Waals surface area contributed by atoms with Crippen LogP contribution in [0.15, 0.2) is 36.5 Å². The van der Waals surface area contributed by atoms with Crippen LogP contribution in [0.3, 0.4) is 0 Å². The highest BCUT2D eigenvalue weighted by Crippen LogP contribution is 2.28. The van der Waals surface area contributed by atoms with Crippen LogP contribution in [-0.4, -0.2) is 44.8 Å². The van der Waals surface area contributed by atoms with Crippen molar-refractivity contribution in [2.24, 2.45) is 0 Å². The van der Waals surface area contributed by atoms with Crippen molar-refractivity contribution in [1.82, 2.24) is 14.7 Å². The van der Waals surface area contributed by atoms with Crippen LogP contribution in [-0.2, 0) is 6.54 Å². The molecule has 3 rings (SSSR count). The molecule has 1 aliphatic rings. The van der Waals surface area contributed by atoms with E-state index in [9.17, 15) is 9.59 Å². The van der Waals surface area contributed by atoms with E-state index in [1.54, 1.807) is 35.1 Å². The topological polar surface area (TPSA) is 75.4 Å². The molecule has 1 aliphatic heterocycles. The Bertz CT molecular complexity index is 753. The largest absolute Gasteiger partial charge is 0.478 e. The molecule has 1 fully saturated rings. The standard InChI is InChI=1S/C18H21N3O3/c1-2-21-16(8-9-19-21)17(22)20-10-4-7-15(12-20)13-5-3-6-14(11-13)18(23)24/h3,5-6,8-9,11,15H,2,4,7,10,12H2,1H3,(H,23,24)/t15-/m0/s1. The Morgan fingerprint density at radius 2 is 2.17 bits per heavy atom. The Morgan fingerprint density at radius 3 is 2.92 bits per heavy atom. The zero-order valence-corrected chi connectivity index (χ0v) is 13.7. The van der Waals surface area contributed by atoms with Crippen LogP contribution in [0.5, 0.6) is 0 Å². The maximum atomic E-state index is 12.8. The zero-order valence-electron chi connectivity index (χ0n) is 13.7. The lowest BCUT2D eigenvalue weighted by Crippen LogP contribution is -2.40. The van der Waals surface area contributed by atoms with Gasteiger partial charge in [0.15, 0.2) is 0 Å². The Morgan fingerprint density at radius 1 is 1.33 bits per heavy atom. The van der Waals surface area contributed by atoms with Crippen LogP contribution in [0.1, 0.15) is 52.1 Å². The van der Waals surface area contributed by atoms with Crippen LogP contribution < -0.4 is 0 Å². The highest BCUT2D eigenvalue weighted by atomic mass is 16.4. The molecule has 0 bridgehead atoms. The summed E-state index contributed by atoms with van der Waals surface area (Å²) in [5.41, 5.74) is 1.88. The molecule has 2 heterocycles. The van der Waals surface area contributed by atoms with Crippen LogP contribution in [0.4, 0.5) is 0 Å². The molecule has 0 unspecified atom stereocenters. The zero-order chi connectivity index (χ0) is 17.1. The van der Waals surface area contributed by atoms with Gasteiger partial charge < -0.3 is 10.0 Å². The number of carbonyl (C=O) groups is 2. The third kappa shape index (κ3) is 3.18. The molecule has 6 heteroatoms. The van der Waals surface area contributed by atoms with Crippen LogP contribution >= 0.6 is 0 Å². The van der Waals surface area contributed by atoms with Crippen LogP contribution in [0.2, 0.25) is 0 Å². The predicted octanol–water partition coefficient (Wildman–Crippen LogP) is 2.62. The van der Waals surface area contributed by atoms with Crippen molar-refractivity contribution < 1.29 is 14.7 Å². The summed E-state index contributed by atoms with van der Waals surface area (Å²) in [5, 5.41) is 13.3. The monoisotopic (exact) mass is 327 g/mol. The van der Waals surface area contributed by atoms with E-state index in [2.05, 4.69) is 5.10 Å². The van der Waals surface area contributed by atoms with E-state index in [1.165, 1.54) is 0 Å². The highest BCUT2D eigenvalue weighted by molar-refractivity contribution is 5.92. The number of carboxylic acid groups (broad SMARTS) is 1. The van der Waals surface area contributed by atoms with Gasteiger partial charge in [0.25, 0.3) is 5.91 Å². The Hall–Kier alpha value is -2.63. The Balaban J connectivity index is 1.78. The second kappa shape index (κ2) is 6.86. The van der Waals surface area contributed by atoms with E-state index < -0.39 is 5.97 Å². The molecule has 1 amide bonds. The van der Waals surface area contributed by atoms with Gasteiger partial charge in [0.2, 0.25) is 0 Å². The van der Waals surface area contributed by atoms with Crippen LogP contribution in [0.25, 0.3) is 0 Å². The minimum atomic E-state index is -0.924. The minimum Gasteiger partial charge on any atom is -0.478 e. The number of hydrogen-bond donors (Lipinski definition) is 1. The summed E-state index contributed by atoms with van der Waals surface area (Å²) in [6.45, 7) is 3.95. The maximum Gasteiger partial charge on any atom is 0.335 e. The van der Waals surface area contributed by atoms with E-state index in [0.29, 0.717) is 24.3 Å². The lowest BCUT2D eigenvalue weighted by Gasteiger charge is -2.33. The quantitative estimate of drug-likeness (QED) is 0.936. The molecule has 6 nitrogen and oxygen atoms in total. The molecule has 0 saturated carbocycles. The molecule has 1 atom stereocenters. The van der Waals surface area contributed by atoms with Gasteiger partial charge in [0.1, 0.15) is 5.69 Å². The van der Waals surface area contributed by atoms with Gasteiger partial charge in [0, 0.05) is 31.7 Å². The Labute approximate surface area is 140 Å². The average Bonchev–Trinajstić information content (AvgIpc) is 3.10.